The fraction of sp³-hybridized carbons (Fsp3) is 0.115. The molecule has 0 unspecified atom stereocenters. The van der Waals surface area contributed by atoms with Gasteiger partial charge in [0, 0.05) is 15.1 Å². The van der Waals surface area contributed by atoms with Crippen LogP contribution in [0.25, 0.3) is 6.08 Å². The number of carbonyl (C=O) groups is 3. The van der Waals surface area contributed by atoms with E-state index in [4.69, 9.17) is 16.3 Å². The monoisotopic (exact) mass is 538 g/mol. The quantitative estimate of drug-likeness (QED) is 0.312. The third-order valence-electron chi connectivity index (χ3n) is 5.26. The first-order valence-corrected chi connectivity index (χ1v) is 11.7. The molecule has 0 saturated carbocycles. The predicted octanol–water partition coefficient (Wildman–Crippen LogP) is 5.91. The van der Waals surface area contributed by atoms with E-state index in [0.717, 1.165) is 26.9 Å². The van der Waals surface area contributed by atoms with Gasteiger partial charge in [0.1, 0.15) is 17.9 Å². The molecule has 0 atom stereocenters. The number of rotatable bonds is 6. The minimum Gasteiger partial charge on any atom is -0.488 e. The maximum absolute atomic E-state index is 13.2. The first-order valence-electron chi connectivity index (χ1n) is 10.5. The van der Waals surface area contributed by atoms with Crippen LogP contribution < -0.4 is 15.0 Å². The molecule has 6 nitrogen and oxygen atoms in total. The summed E-state index contributed by atoms with van der Waals surface area (Å²) in [6, 6.07) is 18.8. The van der Waals surface area contributed by atoms with E-state index >= 15 is 0 Å². The van der Waals surface area contributed by atoms with E-state index in [0.29, 0.717) is 22.0 Å². The molecule has 1 aliphatic heterocycles. The second kappa shape index (κ2) is 10.2. The number of amides is 4. The number of aryl methyl sites for hydroxylation is 1. The Labute approximate surface area is 210 Å². The zero-order valence-corrected chi connectivity index (χ0v) is 20.5. The van der Waals surface area contributed by atoms with Crippen molar-refractivity contribution in [2.45, 2.75) is 20.0 Å². The Balaban J connectivity index is 1.66. The summed E-state index contributed by atoms with van der Waals surface area (Å²) in [7, 11) is 0. The Morgan fingerprint density at radius 2 is 1.76 bits per heavy atom. The van der Waals surface area contributed by atoms with Crippen molar-refractivity contribution in [3.05, 3.63) is 98.5 Å². The molecule has 34 heavy (non-hydrogen) atoms. The molecule has 0 bridgehead atoms. The second-order valence-electron chi connectivity index (χ2n) is 7.58. The minimum atomic E-state index is -0.789. The molecule has 8 heteroatoms. The number of urea groups is 1. The van der Waals surface area contributed by atoms with Gasteiger partial charge >= 0.3 is 6.03 Å². The van der Waals surface area contributed by atoms with Crippen molar-refractivity contribution in [1.82, 2.24) is 5.32 Å². The lowest BCUT2D eigenvalue weighted by atomic mass is 10.1. The molecule has 0 aromatic heterocycles. The smallest absolute Gasteiger partial charge is 0.335 e. The Kier molecular flexibility index (Phi) is 7.14. The number of imide groups is 2. The molecule has 1 saturated heterocycles. The van der Waals surface area contributed by atoms with Crippen LogP contribution in [0.15, 0.2) is 76.8 Å². The Morgan fingerprint density at radius 1 is 1.00 bits per heavy atom. The maximum atomic E-state index is 13.2. The van der Waals surface area contributed by atoms with E-state index < -0.39 is 17.8 Å². The molecule has 0 spiro atoms. The van der Waals surface area contributed by atoms with Gasteiger partial charge in [0.15, 0.2) is 0 Å². The highest BCUT2D eigenvalue weighted by Crippen LogP contribution is 2.29. The van der Waals surface area contributed by atoms with E-state index in [1.165, 1.54) is 6.08 Å². The van der Waals surface area contributed by atoms with Crippen molar-refractivity contribution < 1.29 is 19.1 Å². The second-order valence-corrected chi connectivity index (χ2v) is 8.93. The van der Waals surface area contributed by atoms with Crippen LogP contribution in [0.3, 0.4) is 0 Å². The third kappa shape index (κ3) is 5.21. The zero-order chi connectivity index (χ0) is 24.2. The van der Waals surface area contributed by atoms with Gasteiger partial charge in [0.2, 0.25) is 0 Å². The van der Waals surface area contributed by atoms with Crippen LogP contribution in [0, 0.1) is 0 Å². The lowest BCUT2D eigenvalue weighted by Crippen LogP contribution is -2.54. The molecule has 1 fully saturated rings. The first kappa shape index (κ1) is 23.7. The summed E-state index contributed by atoms with van der Waals surface area (Å²) < 4.78 is 6.69. The third-order valence-corrected chi connectivity index (χ3v) is 5.99. The summed E-state index contributed by atoms with van der Waals surface area (Å²) in [6.07, 6.45) is 2.25. The van der Waals surface area contributed by atoms with Crippen molar-refractivity contribution >= 4 is 57.1 Å². The van der Waals surface area contributed by atoms with Crippen molar-refractivity contribution in [3.8, 4) is 5.75 Å². The highest BCUT2D eigenvalue weighted by molar-refractivity contribution is 9.10. The van der Waals surface area contributed by atoms with E-state index in [9.17, 15) is 14.4 Å². The Hall–Kier alpha value is -3.42. The van der Waals surface area contributed by atoms with E-state index in [1.54, 1.807) is 42.5 Å². The van der Waals surface area contributed by atoms with Gasteiger partial charge in [-0.05, 0) is 66.1 Å². The number of hydrogen-bond donors (Lipinski definition) is 1. The molecular weight excluding hydrogens is 520 g/mol. The van der Waals surface area contributed by atoms with E-state index in [1.807, 2.05) is 31.2 Å². The van der Waals surface area contributed by atoms with Crippen molar-refractivity contribution in [2.75, 3.05) is 4.90 Å². The Morgan fingerprint density at radius 3 is 2.47 bits per heavy atom. The first-order chi connectivity index (χ1) is 16.4. The molecule has 3 aromatic rings. The van der Waals surface area contributed by atoms with Gasteiger partial charge in [-0.1, -0.05) is 58.7 Å². The summed E-state index contributed by atoms with van der Waals surface area (Å²) in [4.78, 5) is 39.3. The van der Waals surface area contributed by atoms with Gasteiger partial charge in [-0.25, -0.2) is 9.69 Å². The fourth-order valence-electron chi connectivity index (χ4n) is 3.48. The van der Waals surface area contributed by atoms with Gasteiger partial charge in [-0.2, -0.15) is 0 Å². The number of nitrogens with zero attached hydrogens (tertiary/aromatic N) is 1. The molecule has 1 N–H and O–H groups in total. The SMILES string of the molecule is CCc1ccc(N2C(=O)NC(=O)/C(=C\c3cc(Br)ccc3OCc3cccc(Cl)c3)C2=O)cc1. The van der Waals surface area contributed by atoms with Gasteiger partial charge < -0.3 is 4.74 Å². The molecule has 3 aromatic carbocycles. The predicted molar refractivity (Wildman–Crippen MR) is 135 cm³/mol. The lowest BCUT2D eigenvalue weighted by Gasteiger charge is -2.26. The van der Waals surface area contributed by atoms with Crippen LogP contribution in [0.4, 0.5) is 10.5 Å². The number of hydrogen-bond acceptors (Lipinski definition) is 4. The number of anilines is 1. The van der Waals surface area contributed by atoms with Gasteiger partial charge in [0.25, 0.3) is 11.8 Å². The number of carbonyl (C=O) groups excluding carboxylic acids is 3. The van der Waals surface area contributed by atoms with Crippen LogP contribution in [0.2, 0.25) is 5.02 Å². The summed E-state index contributed by atoms with van der Waals surface area (Å²) >= 11 is 9.46. The molecule has 4 rings (SSSR count). The van der Waals surface area contributed by atoms with Crippen LogP contribution >= 0.6 is 27.5 Å². The summed E-state index contributed by atoms with van der Waals surface area (Å²) in [6.45, 7) is 2.25. The highest BCUT2D eigenvalue weighted by atomic mass is 79.9. The molecule has 4 amide bonds. The number of benzene rings is 3. The van der Waals surface area contributed by atoms with Gasteiger partial charge in [-0.15, -0.1) is 0 Å². The largest absolute Gasteiger partial charge is 0.488 e. The van der Waals surface area contributed by atoms with Crippen molar-refractivity contribution in [2.24, 2.45) is 0 Å². The normalized spacial score (nSPS) is 15.0. The molecular formula is C26H20BrClN2O4. The van der Waals surface area contributed by atoms with Crippen molar-refractivity contribution in [3.63, 3.8) is 0 Å². The fourth-order valence-corrected chi connectivity index (χ4v) is 4.07. The number of nitrogens with one attached hydrogen (secondary N) is 1. The Bertz CT molecular complexity index is 1300. The van der Waals surface area contributed by atoms with Crippen LogP contribution in [0.5, 0.6) is 5.75 Å². The van der Waals surface area contributed by atoms with Gasteiger partial charge in [0.05, 0.1) is 5.69 Å². The maximum Gasteiger partial charge on any atom is 0.335 e. The topological polar surface area (TPSA) is 75.7 Å². The molecule has 1 heterocycles. The average molecular weight is 540 g/mol. The summed E-state index contributed by atoms with van der Waals surface area (Å²) in [5.74, 6) is -1.01. The zero-order valence-electron chi connectivity index (χ0n) is 18.2. The summed E-state index contributed by atoms with van der Waals surface area (Å²) in [5, 5.41) is 2.84. The van der Waals surface area contributed by atoms with Crippen LogP contribution in [0.1, 0.15) is 23.6 Å². The standard InChI is InChI=1S/C26H20BrClN2O4/c1-2-16-6-9-21(10-7-16)30-25(32)22(24(31)29-26(30)33)14-18-13-19(27)8-11-23(18)34-15-17-4-3-5-20(28)12-17/h3-14H,2,15H2,1H3,(H,29,31,33)/b22-14+. The van der Waals surface area contributed by atoms with Crippen molar-refractivity contribution in [1.29, 1.82) is 0 Å². The minimum absolute atomic E-state index is 0.176. The van der Waals surface area contributed by atoms with Crippen LogP contribution in [-0.2, 0) is 22.6 Å². The highest BCUT2D eigenvalue weighted by Gasteiger charge is 2.37. The summed E-state index contributed by atoms with van der Waals surface area (Å²) in [5.41, 5.74) is 2.64. The molecule has 0 radical (unpaired) electrons. The van der Waals surface area contributed by atoms with Gasteiger partial charge in [-0.3, -0.25) is 14.9 Å². The molecule has 1 aliphatic rings. The molecule has 172 valence electrons. The number of ether oxygens (including phenoxy) is 1. The lowest BCUT2D eigenvalue weighted by molar-refractivity contribution is -0.122. The van der Waals surface area contributed by atoms with Crippen LogP contribution in [-0.4, -0.2) is 17.8 Å². The molecule has 0 aliphatic carbocycles. The number of halogens is 2. The van der Waals surface area contributed by atoms with E-state index in [-0.39, 0.29) is 12.2 Å². The number of barbiturate groups is 1. The average Bonchev–Trinajstić information content (AvgIpc) is 2.81. The van der Waals surface area contributed by atoms with E-state index in [2.05, 4.69) is 21.2 Å².